The van der Waals surface area contributed by atoms with Gasteiger partial charge in [-0.1, -0.05) is 76.9 Å². The van der Waals surface area contributed by atoms with Crippen LogP contribution in [0.4, 0.5) is 0 Å². The molecule has 5 heteroatoms. The van der Waals surface area contributed by atoms with Crippen LogP contribution in [0, 0.1) is 11.8 Å². The molecule has 0 unspecified atom stereocenters. The number of hydrogen-bond acceptors (Lipinski definition) is 5. The first-order chi connectivity index (χ1) is 15.2. The molecule has 170 valence electrons. The Hall–Kier alpha value is -1.88. The Kier molecular flexibility index (Phi) is 8.01. The first kappa shape index (κ1) is 22.3. The normalized spacial score (nSPS) is 23.8. The Bertz CT molecular complexity index is 751. The molecule has 2 atom stereocenters. The molecule has 0 spiro atoms. The molecule has 0 bridgehead atoms. The quantitative estimate of drug-likeness (QED) is 0.532. The third-order valence-electron chi connectivity index (χ3n) is 7.13. The zero-order chi connectivity index (χ0) is 21.5. The van der Waals surface area contributed by atoms with Crippen LogP contribution < -0.4 is 5.73 Å². The highest BCUT2D eigenvalue weighted by Gasteiger charge is 2.25. The Morgan fingerprint density at radius 1 is 1.06 bits per heavy atom. The van der Waals surface area contributed by atoms with E-state index >= 15 is 0 Å². The number of pyridine rings is 1. The predicted molar refractivity (Wildman–Crippen MR) is 126 cm³/mol. The predicted octanol–water partition coefficient (Wildman–Crippen LogP) is 5.48. The summed E-state index contributed by atoms with van der Waals surface area (Å²) in [5.74, 6) is 2.78. The average Bonchev–Trinajstić information content (AvgIpc) is 3.27. The molecule has 2 saturated carbocycles. The van der Waals surface area contributed by atoms with E-state index in [2.05, 4.69) is 6.58 Å². The van der Waals surface area contributed by atoms with Crippen LogP contribution in [-0.4, -0.2) is 36.2 Å². The lowest BCUT2D eigenvalue weighted by atomic mass is 9.85. The zero-order valence-corrected chi connectivity index (χ0v) is 18.9. The lowest BCUT2D eigenvalue weighted by Crippen LogP contribution is -2.29. The molecule has 3 aliphatic rings. The smallest absolute Gasteiger partial charge is 0.235 e. The van der Waals surface area contributed by atoms with Crippen molar-refractivity contribution in [1.29, 1.82) is 0 Å². The van der Waals surface area contributed by atoms with Crippen LogP contribution in [0.15, 0.2) is 29.8 Å². The van der Waals surface area contributed by atoms with Gasteiger partial charge in [-0.15, -0.1) is 0 Å². The molecule has 2 fully saturated rings. The highest BCUT2D eigenvalue weighted by molar-refractivity contribution is 5.93. The Morgan fingerprint density at radius 2 is 1.77 bits per heavy atom. The van der Waals surface area contributed by atoms with Crippen LogP contribution >= 0.6 is 0 Å². The lowest BCUT2D eigenvalue weighted by Gasteiger charge is -2.24. The van der Waals surface area contributed by atoms with Gasteiger partial charge < -0.3 is 15.2 Å². The lowest BCUT2D eigenvalue weighted by molar-refractivity contribution is 0.219. The molecule has 1 aromatic rings. The maximum atomic E-state index is 6.33. The summed E-state index contributed by atoms with van der Waals surface area (Å²) < 4.78 is 11.8. The molecule has 4 rings (SSSR count). The van der Waals surface area contributed by atoms with E-state index in [1.165, 1.54) is 64.2 Å². The fourth-order valence-corrected chi connectivity index (χ4v) is 5.39. The van der Waals surface area contributed by atoms with E-state index in [0.29, 0.717) is 24.9 Å². The molecule has 0 saturated heterocycles. The third-order valence-corrected chi connectivity index (χ3v) is 7.13. The minimum atomic E-state index is 0.0473. The van der Waals surface area contributed by atoms with Crippen molar-refractivity contribution in [2.45, 2.75) is 89.1 Å². The minimum Gasteiger partial charge on any atom is -0.490 e. The molecular weight excluding hydrogens is 386 g/mol. The highest BCUT2D eigenvalue weighted by Crippen LogP contribution is 2.30. The second-order valence-corrected chi connectivity index (χ2v) is 9.78. The SMILES string of the molecule is C=C(OC[C@@H](N)CC1CCCCC1)c1cccc(C2=N[C@@H](CC3CCCCC3)CO2)n1. The molecule has 31 heavy (non-hydrogen) atoms. The maximum absolute atomic E-state index is 6.33. The van der Waals surface area contributed by atoms with Gasteiger partial charge in [0, 0.05) is 6.04 Å². The van der Waals surface area contributed by atoms with Crippen LogP contribution in [0.3, 0.4) is 0 Å². The third kappa shape index (κ3) is 6.55. The minimum absolute atomic E-state index is 0.0473. The van der Waals surface area contributed by atoms with Gasteiger partial charge in [-0.25, -0.2) is 9.98 Å². The second-order valence-electron chi connectivity index (χ2n) is 9.78. The summed E-state index contributed by atoms with van der Waals surface area (Å²) >= 11 is 0. The van der Waals surface area contributed by atoms with Gasteiger partial charge >= 0.3 is 0 Å². The number of nitrogens with two attached hydrogens (primary N) is 1. The van der Waals surface area contributed by atoms with Crippen molar-refractivity contribution in [3.8, 4) is 0 Å². The van der Waals surface area contributed by atoms with Gasteiger partial charge in [0.05, 0.1) is 6.04 Å². The van der Waals surface area contributed by atoms with E-state index in [1.54, 1.807) is 0 Å². The summed E-state index contributed by atoms with van der Waals surface area (Å²) in [6, 6.07) is 6.15. The van der Waals surface area contributed by atoms with Crippen LogP contribution in [0.2, 0.25) is 0 Å². The molecule has 5 nitrogen and oxygen atoms in total. The molecule has 0 radical (unpaired) electrons. The van der Waals surface area contributed by atoms with Crippen molar-refractivity contribution in [2.75, 3.05) is 13.2 Å². The van der Waals surface area contributed by atoms with Crippen molar-refractivity contribution in [3.05, 3.63) is 36.2 Å². The van der Waals surface area contributed by atoms with Gasteiger partial charge in [0.1, 0.15) is 30.4 Å². The van der Waals surface area contributed by atoms with Crippen molar-refractivity contribution >= 4 is 11.7 Å². The van der Waals surface area contributed by atoms with E-state index < -0.39 is 0 Å². The topological polar surface area (TPSA) is 69.7 Å². The van der Waals surface area contributed by atoms with E-state index in [4.69, 9.17) is 25.2 Å². The van der Waals surface area contributed by atoms with Crippen molar-refractivity contribution < 1.29 is 9.47 Å². The molecule has 1 aromatic heterocycles. The van der Waals surface area contributed by atoms with Crippen molar-refractivity contribution in [1.82, 2.24) is 4.98 Å². The summed E-state index contributed by atoms with van der Waals surface area (Å²) in [5, 5.41) is 0. The van der Waals surface area contributed by atoms with E-state index in [1.807, 2.05) is 18.2 Å². The van der Waals surface area contributed by atoms with Crippen molar-refractivity contribution in [2.24, 2.45) is 22.6 Å². The average molecular weight is 426 g/mol. The van der Waals surface area contributed by atoms with Gasteiger partial charge in [-0.3, -0.25) is 0 Å². The fourth-order valence-electron chi connectivity index (χ4n) is 5.39. The molecule has 2 N–H and O–H groups in total. The number of hydrogen-bond donors (Lipinski definition) is 1. The van der Waals surface area contributed by atoms with E-state index in [0.717, 1.165) is 36.1 Å². The second kappa shape index (κ2) is 11.1. The molecule has 1 aliphatic heterocycles. The van der Waals surface area contributed by atoms with E-state index in [-0.39, 0.29) is 12.1 Å². The highest BCUT2D eigenvalue weighted by atomic mass is 16.5. The monoisotopic (exact) mass is 425 g/mol. The largest absolute Gasteiger partial charge is 0.490 e. The number of ether oxygens (including phenoxy) is 2. The molecular formula is C26H39N3O2. The van der Waals surface area contributed by atoms with Crippen LogP contribution in [0.25, 0.3) is 5.76 Å². The number of nitrogens with zero attached hydrogens (tertiary/aromatic N) is 2. The maximum Gasteiger partial charge on any atom is 0.235 e. The van der Waals surface area contributed by atoms with Gasteiger partial charge in [-0.05, 0) is 36.8 Å². The van der Waals surface area contributed by atoms with Gasteiger partial charge in [0.15, 0.2) is 0 Å². The van der Waals surface area contributed by atoms with Gasteiger partial charge in [0.2, 0.25) is 5.90 Å². The van der Waals surface area contributed by atoms with Crippen LogP contribution in [0.1, 0.15) is 88.4 Å². The number of rotatable bonds is 9. The van der Waals surface area contributed by atoms with E-state index in [9.17, 15) is 0 Å². The molecule has 0 amide bonds. The van der Waals surface area contributed by atoms with Crippen LogP contribution in [-0.2, 0) is 9.47 Å². The Morgan fingerprint density at radius 3 is 2.52 bits per heavy atom. The molecule has 2 heterocycles. The summed E-state index contributed by atoms with van der Waals surface area (Å²) in [6.45, 7) is 5.24. The first-order valence-electron chi connectivity index (χ1n) is 12.4. The van der Waals surface area contributed by atoms with Gasteiger partial charge in [-0.2, -0.15) is 0 Å². The summed E-state index contributed by atoms with van der Waals surface area (Å²) in [5.41, 5.74) is 7.82. The number of aliphatic imine (C=N–C) groups is 1. The fraction of sp³-hybridized carbons (Fsp3) is 0.692. The Balaban J connectivity index is 1.28. The summed E-state index contributed by atoms with van der Waals surface area (Å²) in [7, 11) is 0. The van der Waals surface area contributed by atoms with Crippen LogP contribution in [0.5, 0.6) is 0 Å². The van der Waals surface area contributed by atoms with Gasteiger partial charge in [0.25, 0.3) is 0 Å². The standard InChI is InChI=1S/C26H39N3O2/c1-19(30-17-22(27)15-20-9-4-2-5-10-20)24-13-8-14-25(29-24)26-28-23(18-31-26)16-21-11-6-3-7-12-21/h8,13-14,20-23H,1-7,9-12,15-18,27H2/t22-,23-/m0/s1. The summed E-state index contributed by atoms with van der Waals surface area (Å²) in [6.07, 6.45) is 15.7. The summed E-state index contributed by atoms with van der Waals surface area (Å²) in [4.78, 5) is 9.54. The van der Waals surface area contributed by atoms with Crippen molar-refractivity contribution in [3.63, 3.8) is 0 Å². The zero-order valence-electron chi connectivity index (χ0n) is 18.9. The first-order valence-corrected chi connectivity index (χ1v) is 12.4. The number of aromatic nitrogens is 1. The molecule has 2 aliphatic carbocycles. The molecule has 0 aromatic carbocycles. The Labute approximate surface area is 187 Å².